The van der Waals surface area contributed by atoms with E-state index < -0.39 is 0 Å². The van der Waals surface area contributed by atoms with Crippen LogP contribution in [-0.4, -0.2) is 27.1 Å². The minimum Gasteiger partial charge on any atom is -0.481 e. The van der Waals surface area contributed by atoms with Gasteiger partial charge in [0.2, 0.25) is 11.0 Å². The van der Waals surface area contributed by atoms with Gasteiger partial charge in [0.1, 0.15) is 5.01 Å². The van der Waals surface area contributed by atoms with Gasteiger partial charge in [-0.05, 0) is 13.8 Å². The molecule has 0 aliphatic carbocycles. The highest BCUT2D eigenvalue weighted by Gasteiger charge is 2.13. The van der Waals surface area contributed by atoms with E-state index in [2.05, 4.69) is 20.6 Å². The van der Waals surface area contributed by atoms with E-state index in [4.69, 9.17) is 4.74 Å². The van der Waals surface area contributed by atoms with Gasteiger partial charge in [-0.15, -0.1) is 10.2 Å². The van der Waals surface area contributed by atoms with Crippen LogP contribution in [0.25, 0.3) is 0 Å². The first-order valence-electron chi connectivity index (χ1n) is 5.22. The first kappa shape index (κ1) is 11.8. The summed E-state index contributed by atoms with van der Waals surface area (Å²) in [5.74, 6) is 0.774. The summed E-state index contributed by atoms with van der Waals surface area (Å²) in [6, 6.07) is 0. The van der Waals surface area contributed by atoms with Crippen LogP contribution in [0.3, 0.4) is 0 Å². The van der Waals surface area contributed by atoms with Gasteiger partial charge in [-0.1, -0.05) is 11.3 Å². The average Bonchev–Trinajstić information content (AvgIpc) is 2.80. The smallest absolute Gasteiger partial charge is 0.216 e. The van der Waals surface area contributed by atoms with E-state index in [-0.39, 0.29) is 0 Å². The van der Waals surface area contributed by atoms with E-state index in [0.29, 0.717) is 6.54 Å². The molecule has 0 amide bonds. The largest absolute Gasteiger partial charge is 0.481 e. The Morgan fingerprint density at radius 1 is 1.35 bits per heavy atom. The minimum absolute atomic E-state index is 0.636. The molecule has 0 saturated heterocycles. The third kappa shape index (κ3) is 2.38. The van der Waals surface area contributed by atoms with Crippen molar-refractivity contribution in [2.45, 2.75) is 20.4 Å². The van der Waals surface area contributed by atoms with Crippen molar-refractivity contribution in [3.63, 3.8) is 0 Å². The Bertz CT molecular complexity index is 519. The summed E-state index contributed by atoms with van der Waals surface area (Å²) in [5, 5.41) is 17.3. The normalized spacial score (nSPS) is 10.6. The van der Waals surface area contributed by atoms with Gasteiger partial charge in [0, 0.05) is 13.6 Å². The molecule has 2 rings (SSSR count). The molecule has 0 atom stereocenters. The molecule has 7 heteroatoms. The van der Waals surface area contributed by atoms with Crippen molar-refractivity contribution in [3.8, 4) is 5.88 Å². The maximum Gasteiger partial charge on any atom is 0.216 e. The summed E-state index contributed by atoms with van der Waals surface area (Å²) in [6.45, 7) is 4.53. The molecule has 2 heterocycles. The average molecular weight is 253 g/mol. The molecule has 0 saturated carbocycles. The highest BCUT2D eigenvalue weighted by atomic mass is 32.1. The second-order valence-electron chi connectivity index (χ2n) is 3.68. The van der Waals surface area contributed by atoms with Gasteiger partial charge < -0.3 is 10.1 Å². The lowest BCUT2D eigenvalue weighted by Crippen LogP contribution is -2.02. The van der Waals surface area contributed by atoms with Crippen LogP contribution in [0.15, 0.2) is 0 Å². The fourth-order valence-electron chi connectivity index (χ4n) is 1.67. The quantitative estimate of drug-likeness (QED) is 0.894. The molecule has 0 spiro atoms. The molecular weight excluding hydrogens is 238 g/mol. The second kappa shape index (κ2) is 4.70. The monoisotopic (exact) mass is 253 g/mol. The Kier molecular flexibility index (Phi) is 3.28. The number of nitrogens with one attached hydrogen (secondary N) is 1. The molecule has 6 nitrogen and oxygen atoms in total. The van der Waals surface area contributed by atoms with Gasteiger partial charge in [0.15, 0.2) is 0 Å². The number of aromatic nitrogens is 4. The highest BCUT2D eigenvalue weighted by Crippen LogP contribution is 2.23. The fraction of sp³-hybridized carbons (Fsp3) is 0.500. The zero-order chi connectivity index (χ0) is 12.4. The Labute approximate surface area is 104 Å². The Morgan fingerprint density at radius 2 is 2.12 bits per heavy atom. The van der Waals surface area contributed by atoms with Crippen LogP contribution in [-0.2, 0) is 13.6 Å². The first-order chi connectivity index (χ1) is 8.11. The van der Waals surface area contributed by atoms with E-state index in [1.54, 1.807) is 11.8 Å². The Hall–Kier alpha value is -1.63. The summed E-state index contributed by atoms with van der Waals surface area (Å²) in [6.07, 6.45) is 0. The number of rotatable bonds is 4. The molecule has 0 fully saturated rings. The van der Waals surface area contributed by atoms with Crippen LogP contribution in [0.4, 0.5) is 5.13 Å². The van der Waals surface area contributed by atoms with Gasteiger partial charge in [0.25, 0.3) is 0 Å². The third-order valence-corrected chi connectivity index (χ3v) is 3.22. The van der Waals surface area contributed by atoms with Crippen molar-refractivity contribution < 1.29 is 4.74 Å². The Balaban J connectivity index is 2.13. The SMILES string of the molecule is COc1c(CNc2nnc(C)s2)c(C)nn1C. The zero-order valence-corrected chi connectivity index (χ0v) is 11.1. The molecule has 0 radical (unpaired) electrons. The van der Waals surface area contributed by atoms with Crippen LogP contribution in [0.5, 0.6) is 5.88 Å². The first-order valence-corrected chi connectivity index (χ1v) is 6.04. The van der Waals surface area contributed by atoms with Crippen molar-refractivity contribution in [1.29, 1.82) is 0 Å². The van der Waals surface area contributed by atoms with Crippen molar-refractivity contribution in [2.24, 2.45) is 7.05 Å². The molecule has 1 N–H and O–H groups in total. The predicted octanol–water partition coefficient (Wildman–Crippen LogP) is 1.51. The number of hydrogen-bond donors (Lipinski definition) is 1. The van der Waals surface area contributed by atoms with E-state index in [9.17, 15) is 0 Å². The molecule has 0 bridgehead atoms. The molecular formula is C10H15N5OS. The van der Waals surface area contributed by atoms with Gasteiger partial charge >= 0.3 is 0 Å². The van der Waals surface area contributed by atoms with Crippen molar-refractivity contribution in [3.05, 3.63) is 16.3 Å². The van der Waals surface area contributed by atoms with Gasteiger partial charge in [-0.3, -0.25) is 0 Å². The number of ether oxygens (including phenoxy) is 1. The lowest BCUT2D eigenvalue weighted by atomic mass is 10.2. The summed E-state index contributed by atoms with van der Waals surface area (Å²) in [5.41, 5.74) is 2.00. The van der Waals surface area contributed by atoms with Crippen molar-refractivity contribution in [2.75, 3.05) is 12.4 Å². The van der Waals surface area contributed by atoms with Crippen LogP contribution >= 0.6 is 11.3 Å². The maximum atomic E-state index is 5.32. The number of aryl methyl sites for hydroxylation is 3. The molecule has 2 aromatic rings. The van der Waals surface area contributed by atoms with Crippen LogP contribution in [0, 0.1) is 13.8 Å². The second-order valence-corrected chi connectivity index (χ2v) is 4.86. The molecule has 0 aliphatic heterocycles. The van der Waals surface area contributed by atoms with E-state index in [1.807, 2.05) is 20.9 Å². The number of methoxy groups -OCH3 is 1. The van der Waals surface area contributed by atoms with E-state index >= 15 is 0 Å². The topological polar surface area (TPSA) is 64.9 Å². The van der Waals surface area contributed by atoms with Gasteiger partial charge in [-0.25, -0.2) is 4.68 Å². The molecule has 0 aromatic carbocycles. The summed E-state index contributed by atoms with van der Waals surface area (Å²) >= 11 is 1.53. The molecule has 2 aromatic heterocycles. The molecule has 0 unspecified atom stereocenters. The van der Waals surface area contributed by atoms with Crippen molar-refractivity contribution in [1.82, 2.24) is 20.0 Å². The van der Waals surface area contributed by atoms with Gasteiger partial charge in [0.05, 0.1) is 18.4 Å². The van der Waals surface area contributed by atoms with Crippen molar-refractivity contribution >= 4 is 16.5 Å². The predicted molar refractivity (Wildman–Crippen MR) is 66.5 cm³/mol. The summed E-state index contributed by atoms with van der Waals surface area (Å²) in [7, 11) is 3.51. The Morgan fingerprint density at radius 3 is 2.71 bits per heavy atom. The molecule has 17 heavy (non-hydrogen) atoms. The number of anilines is 1. The minimum atomic E-state index is 0.636. The van der Waals surface area contributed by atoms with E-state index in [1.165, 1.54) is 11.3 Å². The maximum absolute atomic E-state index is 5.32. The third-order valence-electron chi connectivity index (χ3n) is 2.42. The van der Waals surface area contributed by atoms with Gasteiger partial charge in [-0.2, -0.15) is 5.10 Å². The van der Waals surface area contributed by atoms with Crippen LogP contribution < -0.4 is 10.1 Å². The van der Waals surface area contributed by atoms with E-state index in [0.717, 1.165) is 27.3 Å². The lowest BCUT2D eigenvalue weighted by Gasteiger charge is -2.05. The summed E-state index contributed by atoms with van der Waals surface area (Å²) in [4.78, 5) is 0. The standard InChI is InChI=1S/C10H15N5OS/c1-6-8(9(16-4)15(3)14-6)5-11-10-13-12-7(2)17-10/h5H2,1-4H3,(H,11,13). The van der Waals surface area contributed by atoms with Crippen LogP contribution in [0.2, 0.25) is 0 Å². The van der Waals surface area contributed by atoms with Crippen LogP contribution in [0.1, 0.15) is 16.3 Å². The number of nitrogens with zero attached hydrogens (tertiary/aromatic N) is 4. The summed E-state index contributed by atoms with van der Waals surface area (Å²) < 4.78 is 7.05. The molecule has 92 valence electrons. The lowest BCUT2D eigenvalue weighted by molar-refractivity contribution is 0.370. The highest BCUT2D eigenvalue weighted by molar-refractivity contribution is 7.15. The molecule has 0 aliphatic rings. The number of hydrogen-bond acceptors (Lipinski definition) is 6. The fourth-order valence-corrected chi connectivity index (χ4v) is 2.26. The zero-order valence-electron chi connectivity index (χ0n) is 10.3.